The first kappa shape index (κ1) is 16.2. The number of hydrogen-bond donors (Lipinski definition) is 1. The van der Waals surface area contributed by atoms with Crippen molar-refractivity contribution in [3.05, 3.63) is 29.8 Å². The Hall–Kier alpha value is -2.71. The molecule has 1 fully saturated rings. The van der Waals surface area contributed by atoms with Crippen LogP contribution in [0.4, 0.5) is 0 Å². The Morgan fingerprint density at radius 3 is 3.00 bits per heavy atom. The average Bonchev–Trinajstić information content (AvgIpc) is 3.28. The van der Waals surface area contributed by atoms with Gasteiger partial charge < -0.3 is 10.0 Å². The minimum Gasteiger partial charge on any atom is -0.477 e. The molecule has 128 valence electrons. The molecule has 1 saturated heterocycles. The summed E-state index contributed by atoms with van der Waals surface area (Å²) in [5, 5.41) is 21.3. The molecule has 0 aromatic carbocycles. The standard InChI is InChI=1S/C15H20N6O3/c1-2-14(22)20-7-3-4-12(20)10-19-8-11(17-18-19)9-21-13(15(23)24)5-6-16-21/h5-6,8,12H,2-4,7,9-10H2,1H3,(H,23,24)/t12-/m0/s1. The van der Waals surface area contributed by atoms with Crippen molar-refractivity contribution in [2.24, 2.45) is 0 Å². The van der Waals surface area contributed by atoms with E-state index >= 15 is 0 Å². The molecule has 9 heteroatoms. The number of carboxylic acid groups (broad SMARTS) is 1. The van der Waals surface area contributed by atoms with Crippen LogP contribution >= 0.6 is 0 Å². The monoisotopic (exact) mass is 332 g/mol. The van der Waals surface area contributed by atoms with Crippen LogP contribution in [-0.4, -0.2) is 59.2 Å². The van der Waals surface area contributed by atoms with Gasteiger partial charge in [0.05, 0.1) is 25.3 Å². The molecular formula is C15H20N6O3. The zero-order chi connectivity index (χ0) is 17.1. The lowest BCUT2D eigenvalue weighted by Crippen LogP contribution is -2.37. The molecule has 1 atom stereocenters. The first-order valence-electron chi connectivity index (χ1n) is 8.02. The summed E-state index contributed by atoms with van der Waals surface area (Å²) in [6, 6.07) is 1.59. The number of aromatic nitrogens is 5. The van der Waals surface area contributed by atoms with E-state index in [2.05, 4.69) is 15.4 Å². The number of nitrogens with zero attached hydrogens (tertiary/aromatic N) is 6. The van der Waals surface area contributed by atoms with Crippen LogP contribution in [-0.2, 0) is 17.9 Å². The van der Waals surface area contributed by atoms with Crippen LogP contribution in [0.5, 0.6) is 0 Å². The van der Waals surface area contributed by atoms with Crippen LogP contribution in [0.3, 0.4) is 0 Å². The van der Waals surface area contributed by atoms with Gasteiger partial charge >= 0.3 is 5.97 Å². The molecule has 1 aliphatic heterocycles. The second-order valence-corrected chi connectivity index (χ2v) is 5.85. The molecule has 0 bridgehead atoms. The molecule has 1 amide bonds. The maximum Gasteiger partial charge on any atom is 0.354 e. The predicted octanol–water partition coefficient (Wildman–Crippen LogP) is 0.622. The molecule has 24 heavy (non-hydrogen) atoms. The van der Waals surface area contributed by atoms with Gasteiger partial charge in [-0.3, -0.25) is 14.2 Å². The third-order valence-electron chi connectivity index (χ3n) is 4.23. The molecular weight excluding hydrogens is 312 g/mol. The molecule has 1 aliphatic rings. The molecule has 9 nitrogen and oxygen atoms in total. The predicted molar refractivity (Wildman–Crippen MR) is 83.3 cm³/mol. The van der Waals surface area contributed by atoms with Crippen LogP contribution in [0.2, 0.25) is 0 Å². The molecule has 2 aromatic heterocycles. The minimum absolute atomic E-state index is 0.111. The molecule has 3 heterocycles. The van der Waals surface area contributed by atoms with Gasteiger partial charge in [-0.05, 0) is 18.9 Å². The van der Waals surface area contributed by atoms with Gasteiger partial charge in [0.1, 0.15) is 11.4 Å². The summed E-state index contributed by atoms with van der Waals surface area (Å²) >= 11 is 0. The van der Waals surface area contributed by atoms with E-state index in [0.717, 1.165) is 19.4 Å². The summed E-state index contributed by atoms with van der Waals surface area (Å²) in [4.78, 5) is 25.0. The van der Waals surface area contributed by atoms with Crippen molar-refractivity contribution in [3.8, 4) is 0 Å². The van der Waals surface area contributed by atoms with Crippen molar-refractivity contribution in [3.63, 3.8) is 0 Å². The summed E-state index contributed by atoms with van der Waals surface area (Å²) in [5.41, 5.74) is 0.743. The molecule has 3 rings (SSSR count). The third-order valence-corrected chi connectivity index (χ3v) is 4.23. The van der Waals surface area contributed by atoms with E-state index in [1.165, 1.54) is 16.9 Å². The van der Waals surface area contributed by atoms with Crippen molar-refractivity contribution in [1.29, 1.82) is 0 Å². The minimum atomic E-state index is -1.03. The summed E-state index contributed by atoms with van der Waals surface area (Å²) in [6.07, 6.45) is 5.70. The zero-order valence-electron chi connectivity index (χ0n) is 13.5. The first-order valence-corrected chi connectivity index (χ1v) is 8.02. The number of hydrogen-bond acceptors (Lipinski definition) is 5. The highest BCUT2D eigenvalue weighted by molar-refractivity contribution is 5.85. The van der Waals surface area contributed by atoms with E-state index in [9.17, 15) is 9.59 Å². The molecule has 0 radical (unpaired) electrons. The number of likely N-dealkylation sites (tertiary alicyclic amines) is 1. The fourth-order valence-electron chi connectivity index (χ4n) is 3.07. The Morgan fingerprint density at radius 2 is 2.25 bits per heavy atom. The van der Waals surface area contributed by atoms with Crippen molar-refractivity contribution in [2.45, 2.75) is 45.3 Å². The van der Waals surface area contributed by atoms with Gasteiger partial charge in [0.25, 0.3) is 0 Å². The van der Waals surface area contributed by atoms with Gasteiger partial charge in [-0.2, -0.15) is 5.10 Å². The lowest BCUT2D eigenvalue weighted by molar-refractivity contribution is -0.131. The first-order chi connectivity index (χ1) is 11.6. The fourth-order valence-corrected chi connectivity index (χ4v) is 3.07. The summed E-state index contributed by atoms with van der Waals surface area (Å²) in [6.45, 7) is 3.52. The largest absolute Gasteiger partial charge is 0.477 e. The van der Waals surface area contributed by atoms with E-state index in [-0.39, 0.29) is 24.2 Å². The van der Waals surface area contributed by atoms with Gasteiger partial charge in [-0.15, -0.1) is 5.10 Å². The number of aromatic carboxylic acids is 1. The Balaban J connectivity index is 1.66. The van der Waals surface area contributed by atoms with Gasteiger partial charge in [-0.25, -0.2) is 4.79 Å². The van der Waals surface area contributed by atoms with Gasteiger partial charge in [-0.1, -0.05) is 12.1 Å². The molecule has 2 aromatic rings. The second kappa shape index (κ2) is 6.81. The van der Waals surface area contributed by atoms with Gasteiger partial charge in [0.15, 0.2) is 0 Å². The Labute approximate surface area is 138 Å². The highest BCUT2D eigenvalue weighted by Crippen LogP contribution is 2.19. The number of carboxylic acids is 1. The Bertz CT molecular complexity index is 737. The number of carbonyl (C=O) groups excluding carboxylic acids is 1. The van der Waals surface area contributed by atoms with Crippen molar-refractivity contribution in [1.82, 2.24) is 29.7 Å². The number of amides is 1. The molecule has 0 unspecified atom stereocenters. The zero-order valence-corrected chi connectivity index (χ0v) is 13.5. The van der Waals surface area contributed by atoms with Crippen LogP contribution in [0.25, 0.3) is 0 Å². The summed E-state index contributed by atoms with van der Waals surface area (Å²) in [7, 11) is 0. The van der Waals surface area contributed by atoms with E-state index < -0.39 is 5.97 Å². The highest BCUT2D eigenvalue weighted by atomic mass is 16.4. The quantitative estimate of drug-likeness (QED) is 0.831. The average molecular weight is 332 g/mol. The third kappa shape index (κ3) is 3.29. The van der Waals surface area contributed by atoms with Crippen LogP contribution in [0, 0.1) is 0 Å². The SMILES string of the molecule is CCC(=O)N1CCC[C@H]1Cn1cc(Cn2nccc2C(=O)O)nn1. The van der Waals surface area contributed by atoms with Crippen LogP contribution in [0.1, 0.15) is 42.4 Å². The molecule has 0 saturated carbocycles. The van der Waals surface area contributed by atoms with Crippen LogP contribution in [0.15, 0.2) is 18.5 Å². The fraction of sp³-hybridized carbons (Fsp3) is 0.533. The van der Waals surface area contributed by atoms with E-state index in [1.807, 2.05) is 11.8 Å². The lowest BCUT2D eigenvalue weighted by atomic mass is 10.2. The summed E-state index contributed by atoms with van der Waals surface area (Å²) in [5.74, 6) is -0.861. The Morgan fingerprint density at radius 1 is 1.42 bits per heavy atom. The molecule has 0 aliphatic carbocycles. The number of rotatable bonds is 6. The topological polar surface area (TPSA) is 106 Å². The second-order valence-electron chi connectivity index (χ2n) is 5.85. The summed E-state index contributed by atoms with van der Waals surface area (Å²) < 4.78 is 3.09. The van der Waals surface area contributed by atoms with E-state index in [1.54, 1.807) is 10.9 Å². The smallest absolute Gasteiger partial charge is 0.354 e. The van der Waals surface area contributed by atoms with Crippen molar-refractivity contribution in [2.75, 3.05) is 6.54 Å². The van der Waals surface area contributed by atoms with Gasteiger partial charge in [0.2, 0.25) is 5.91 Å². The molecule has 1 N–H and O–H groups in total. The van der Waals surface area contributed by atoms with Crippen LogP contribution < -0.4 is 0 Å². The lowest BCUT2D eigenvalue weighted by Gasteiger charge is -2.23. The maximum absolute atomic E-state index is 11.9. The van der Waals surface area contributed by atoms with Crippen molar-refractivity contribution >= 4 is 11.9 Å². The van der Waals surface area contributed by atoms with E-state index in [4.69, 9.17) is 5.11 Å². The van der Waals surface area contributed by atoms with E-state index in [0.29, 0.717) is 18.7 Å². The maximum atomic E-state index is 11.9. The number of carbonyl (C=O) groups is 2. The highest BCUT2D eigenvalue weighted by Gasteiger charge is 2.28. The normalized spacial score (nSPS) is 17.4. The Kier molecular flexibility index (Phi) is 4.59. The van der Waals surface area contributed by atoms with Crippen molar-refractivity contribution < 1.29 is 14.7 Å². The van der Waals surface area contributed by atoms with Gasteiger partial charge in [0, 0.05) is 19.2 Å². The molecule has 0 spiro atoms.